The molecule has 6 nitrogen and oxygen atoms in total. The Morgan fingerprint density at radius 1 is 1.03 bits per heavy atom. The van der Waals surface area contributed by atoms with Crippen molar-refractivity contribution in [2.24, 2.45) is 0 Å². The Hall–Kier alpha value is -2.38. The quantitative estimate of drug-likeness (QED) is 0.289. The molecule has 1 aliphatic rings. The number of hydrogen-bond acceptors (Lipinski definition) is 4. The average molecular weight is 477 g/mol. The van der Waals surface area contributed by atoms with Crippen LogP contribution in [0.2, 0.25) is 0 Å². The first-order valence-corrected chi connectivity index (χ1v) is 10.6. The summed E-state index contributed by atoms with van der Waals surface area (Å²) in [5.74, 6) is 0.553. The number of carbonyl (C=O) groups is 1. The van der Waals surface area contributed by atoms with Gasteiger partial charge in [0.2, 0.25) is 0 Å². The number of halogens is 2. The molecule has 0 bridgehead atoms. The Bertz CT molecular complexity index is 1030. The molecule has 0 spiro atoms. The molecule has 0 aliphatic carbocycles. The van der Waals surface area contributed by atoms with Crippen LogP contribution < -0.4 is 5.48 Å². The molecule has 0 radical (unpaired) electrons. The Kier molecular flexibility index (Phi) is 10.2. The van der Waals surface area contributed by atoms with Gasteiger partial charge in [0.05, 0.1) is 11.0 Å². The minimum Gasteiger partial charge on any atom is -0.327 e. The Morgan fingerprint density at radius 2 is 1.78 bits per heavy atom. The van der Waals surface area contributed by atoms with Crippen LogP contribution >= 0.6 is 24.8 Å². The molecular formula is C24H30Cl2N4O2. The summed E-state index contributed by atoms with van der Waals surface area (Å²) >= 11 is 0. The molecule has 172 valence electrons. The van der Waals surface area contributed by atoms with Crippen molar-refractivity contribution >= 4 is 47.8 Å². The third-order valence-electron chi connectivity index (χ3n) is 5.71. The Labute approximate surface area is 201 Å². The van der Waals surface area contributed by atoms with Crippen molar-refractivity contribution in [3.8, 4) is 0 Å². The zero-order valence-corrected chi connectivity index (χ0v) is 19.6. The lowest BCUT2D eigenvalue weighted by atomic mass is 10.1. The van der Waals surface area contributed by atoms with Gasteiger partial charge in [-0.25, -0.2) is 10.5 Å². The van der Waals surface area contributed by atoms with Crippen LogP contribution in [0.1, 0.15) is 29.8 Å². The number of hydrogen-bond donors (Lipinski definition) is 2. The van der Waals surface area contributed by atoms with Crippen LogP contribution in [-0.4, -0.2) is 45.2 Å². The zero-order valence-electron chi connectivity index (χ0n) is 17.9. The third kappa shape index (κ3) is 6.56. The second-order valence-electron chi connectivity index (χ2n) is 7.77. The summed E-state index contributed by atoms with van der Waals surface area (Å²) in [7, 11) is 0. The molecule has 0 atom stereocenters. The van der Waals surface area contributed by atoms with E-state index in [-0.39, 0.29) is 24.8 Å². The molecule has 1 fully saturated rings. The Morgan fingerprint density at radius 3 is 2.50 bits per heavy atom. The number of nitrogens with zero attached hydrogens (tertiary/aromatic N) is 3. The van der Waals surface area contributed by atoms with E-state index in [2.05, 4.69) is 39.8 Å². The number of benzene rings is 2. The highest BCUT2D eigenvalue weighted by Crippen LogP contribution is 2.21. The van der Waals surface area contributed by atoms with Crippen molar-refractivity contribution in [2.45, 2.75) is 32.2 Å². The number of imidazole rings is 1. The van der Waals surface area contributed by atoms with Crippen LogP contribution in [0.25, 0.3) is 17.1 Å². The number of carbonyl (C=O) groups excluding carboxylic acids is 1. The SMILES string of the molecule is Cl.Cl.O=C(/C=C/c1ccc2c(c1)nc(CCc1ccccc1)n2CCN1CCCC1)NO. The van der Waals surface area contributed by atoms with Gasteiger partial charge in [0.1, 0.15) is 5.82 Å². The van der Waals surface area contributed by atoms with Gasteiger partial charge in [-0.05, 0) is 61.7 Å². The van der Waals surface area contributed by atoms with Gasteiger partial charge in [-0.2, -0.15) is 0 Å². The van der Waals surface area contributed by atoms with E-state index >= 15 is 0 Å². The lowest BCUT2D eigenvalue weighted by Crippen LogP contribution is -2.24. The lowest BCUT2D eigenvalue weighted by Gasteiger charge is -2.16. The van der Waals surface area contributed by atoms with Gasteiger partial charge in [-0.15, -0.1) is 24.8 Å². The van der Waals surface area contributed by atoms with Gasteiger partial charge < -0.3 is 9.47 Å². The molecule has 3 aromatic rings. The maximum atomic E-state index is 11.3. The molecule has 8 heteroatoms. The van der Waals surface area contributed by atoms with Gasteiger partial charge >= 0.3 is 0 Å². The van der Waals surface area contributed by atoms with E-state index in [1.165, 1.54) is 37.6 Å². The summed E-state index contributed by atoms with van der Waals surface area (Å²) in [4.78, 5) is 18.7. The fourth-order valence-electron chi connectivity index (χ4n) is 4.10. The van der Waals surface area contributed by atoms with Gasteiger partial charge in [0, 0.05) is 25.6 Å². The van der Waals surface area contributed by atoms with Crippen molar-refractivity contribution in [3.05, 3.63) is 71.6 Å². The van der Waals surface area contributed by atoms with Crippen molar-refractivity contribution in [1.29, 1.82) is 0 Å². The van der Waals surface area contributed by atoms with Crippen molar-refractivity contribution in [2.75, 3.05) is 19.6 Å². The summed E-state index contributed by atoms with van der Waals surface area (Å²) in [5, 5.41) is 8.66. The van der Waals surface area contributed by atoms with Gasteiger partial charge in [0.25, 0.3) is 5.91 Å². The number of fused-ring (bicyclic) bond motifs is 1. The molecular weight excluding hydrogens is 447 g/mol. The molecule has 32 heavy (non-hydrogen) atoms. The number of nitrogens with one attached hydrogen (secondary N) is 1. The number of hydroxylamine groups is 1. The smallest absolute Gasteiger partial charge is 0.267 e. The minimum absolute atomic E-state index is 0. The third-order valence-corrected chi connectivity index (χ3v) is 5.71. The van der Waals surface area contributed by atoms with E-state index in [1.54, 1.807) is 11.6 Å². The second-order valence-corrected chi connectivity index (χ2v) is 7.77. The van der Waals surface area contributed by atoms with Crippen LogP contribution in [-0.2, 0) is 24.2 Å². The molecule has 2 aromatic carbocycles. The maximum absolute atomic E-state index is 11.3. The predicted octanol–water partition coefficient (Wildman–Crippen LogP) is 4.28. The molecule has 1 amide bonds. The summed E-state index contributed by atoms with van der Waals surface area (Å²) in [6, 6.07) is 16.6. The Balaban J connectivity index is 0.00000181. The van der Waals surface area contributed by atoms with Crippen LogP contribution in [0, 0.1) is 0 Å². The summed E-state index contributed by atoms with van der Waals surface area (Å²) in [5.41, 5.74) is 5.87. The molecule has 0 saturated carbocycles. The van der Waals surface area contributed by atoms with Crippen molar-refractivity contribution < 1.29 is 10.0 Å². The van der Waals surface area contributed by atoms with Crippen LogP contribution in [0.5, 0.6) is 0 Å². The fourth-order valence-corrected chi connectivity index (χ4v) is 4.10. The average Bonchev–Trinajstić information content (AvgIpc) is 3.42. The van der Waals surface area contributed by atoms with E-state index in [9.17, 15) is 4.79 Å². The normalized spacial score (nSPS) is 13.8. The molecule has 4 rings (SSSR count). The molecule has 1 aromatic heterocycles. The van der Waals surface area contributed by atoms with E-state index in [1.807, 2.05) is 18.2 Å². The van der Waals surface area contributed by atoms with Crippen LogP contribution in [0.4, 0.5) is 0 Å². The first-order valence-electron chi connectivity index (χ1n) is 10.6. The first kappa shape index (κ1) is 25.9. The summed E-state index contributed by atoms with van der Waals surface area (Å²) < 4.78 is 2.35. The zero-order chi connectivity index (χ0) is 20.8. The van der Waals surface area contributed by atoms with Crippen LogP contribution in [0.15, 0.2) is 54.6 Å². The van der Waals surface area contributed by atoms with E-state index < -0.39 is 5.91 Å². The number of rotatable bonds is 8. The topological polar surface area (TPSA) is 70.4 Å². The number of aromatic nitrogens is 2. The van der Waals surface area contributed by atoms with Crippen molar-refractivity contribution in [3.63, 3.8) is 0 Å². The predicted molar refractivity (Wildman–Crippen MR) is 133 cm³/mol. The largest absolute Gasteiger partial charge is 0.327 e. The van der Waals surface area contributed by atoms with E-state index in [0.717, 1.165) is 48.4 Å². The fraction of sp³-hybridized carbons (Fsp3) is 0.333. The molecule has 1 saturated heterocycles. The first-order chi connectivity index (χ1) is 14.7. The van der Waals surface area contributed by atoms with Gasteiger partial charge in [0.15, 0.2) is 0 Å². The van der Waals surface area contributed by atoms with Gasteiger partial charge in [-0.1, -0.05) is 36.4 Å². The highest BCUT2D eigenvalue weighted by Gasteiger charge is 2.15. The maximum Gasteiger partial charge on any atom is 0.267 e. The molecule has 0 unspecified atom stereocenters. The monoisotopic (exact) mass is 476 g/mol. The highest BCUT2D eigenvalue weighted by atomic mass is 35.5. The van der Waals surface area contributed by atoms with Crippen molar-refractivity contribution in [1.82, 2.24) is 19.9 Å². The lowest BCUT2D eigenvalue weighted by molar-refractivity contribution is -0.124. The van der Waals surface area contributed by atoms with E-state index in [4.69, 9.17) is 10.2 Å². The van der Waals surface area contributed by atoms with Crippen LogP contribution in [0.3, 0.4) is 0 Å². The van der Waals surface area contributed by atoms with Gasteiger partial charge in [-0.3, -0.25) is 10.0 Å². The summed E-state index contributed by atoms with van der Waals surface area (Å²) in [6.07, 6.45) is 7.42. The second kappa shape index (κ2) is 12.6. The number of aryl methyl sites for hydroxylation is 2. The van der Waals surface area contributed by atoms with E-state index in [0.29, 0.717) is 0 Å². The molecule has 2 heterocycles. The molecule has 2 N–H and O–H groups in total. The number of likely N-dealkylation sites (tertiary alicyclic amines) is 1. The minimum atomic E-state index is -0.546. The summed E-state index contributed by atoms with van der Waals surface area (Å²) in [6.45, 7) is 4.35. The molecule has 1 aliphatic heterocycles. The number of amides is 1. The highest BCUT2D eigenvalue weighted by molar-refractivity contribution is 5.91. The standard InChI is InChI=1S/C24H28N4O2.2ClH/c29-24(26-30)13-10-20-8-11-22-21(18-20)25-23(12-9-19-6-2-1-3-7-19)28(22)17-16-27-14-4-5-15-27;;/h1-3,6-8,10-11,13,18,30H,4-5,9,12,14-17H2,(H,26,29);2*1H/b13-10+;;.